The van der Waals surface area contributed by atoms with Gasteiger partial charge in [-0.05, 0) is 32.2 Å². The van der Waals surface area contributed by atoms with E-state index in [0.717, 1.165) is 25.6 Å². The number of hydrogen-bond donors (Lipinski definition) is 1. The first-order chi connectivity index (χ1) is 7.21. The van der Waals surface area contributed by atoms with E-state index in [4.69, 9.17) is 11.0 Å². The zero-order chi connectivity index (χ0) is 11.3. The minimum Gasteiger partial charge on any atom is -0.329 e. The summed E-state index contributed by atoms with van der Waals surface area (Å²) in [6.07, 6.45) is 3.74. The van der Waals surface area contributed by atoms with Gasteiger partial charge in [0, 0.05) is 19.1 Å². The Morgan fingerprint density at radius 2 is 2.33 bits per heavy atom. The first-order valence-electron chi connectivity index (χ1n) is 6.05. The average Bonchev–Trinajstić information content (AvgIpc) is 2.29. The third kappa shape index (κ3) is 3.48. The van der Waals surface area contributed by atoms with Crippen LogP contribution in [0.25, 0.3) is 0 Å². The van der Waals surface area contributed by atoms with Gasteiger partial charge < -0.3 is 5.73 Å². The van der Waals surface area contributed by atoms with Crippen molar-refractivity contribution in [3.63, 3.8) is 0 Å². The van der Waals surface area contributed by atoms with Gasteiger partial charge in [0.05, 0.1) is 12.0 Å². The first-order valence-corrected chi connectivity index (χ1v) is 6.05. The summed E-state index contributed by atoms with van der Waals surface area (Å²) in [6.45, 7) is 6.97. The largest absolute Gasteiger partial charge is 0.329 e. The predicted molar refractivity (Wildman–Crippen MR) is 62.2 cm³/mol. The molecule has 1 aliphatic heterocycles. The molecule has 0 aliphatic carbocycles. The second kappa shape index (κ2) is 6.09. The molecule has 1 saturated heterocycles. The molecule has 3 nitrogen and oxygen atoms in total. The molecule has 1 fully saturated rings. The van der Waals surface area contributed by atoms with Crippen LogP contribution in [0.2, 0.25) is 0 Å². The number of nitriles is 1. The van der Waals surface area contributed by atoms with Crippen molar-refractivity contribution in [2.45, 2.75) is 39.2 Å². The molecule has 3 unspecified atom stereocenters. The SMILES string of the molecule is CCC1CCN(CC(C)C#N)C(CN)C1. The molecule has 3 atom stereocenters. The average molecular weight is 209 g/mol. The number of piperidine rings is 1. The molecule has 1 aliphatic rings. The monoisotopic (exact) mass is 209 g/mol. The molecule has 0 aromatic carbocycles. The van der Waals surface area contributed by atoms with Crippen molar-refractivity contribution in [3.8, 4) is 6.07 Å². The molecule has 1 heterocycles. The number of hydrogen-bond acceptors (Lipinski definition) is 3. The second-order valence-electron chi connectivity index (χ2n) is 4.71. The van der Waals surface area contributed by atoms with Gasteiger partial charge >= 0.3 is 0 Å². The summed E-state index contributed by atoms with van der Waals surface area (Å²) in [4.78, 5) is 2.40. The van der Waals surface area contributed by atoms with Gasteiger partial charge in [-0.25, -0.2) is 0 Å². The Hall–Kier alpha value is -0.590. The minimum atomic E-state index is 0.122. The zero-order valence-electron chi connectivity index (χ0n) is 9.95. The van der Waals surface area contributed by atoms with Gasteiger partial charge in [0.25, 0.3) is 0 Å². The van der Waals surface area contributed by atoms with Crippen LogP contribution in [-0.2, 0) is 0 Å². The summed E-state index contributed by atoms with van der Waals surface area (Å²) >= 11 is 0. The predicted octanol–water partition coefficient (Wildman–Crippen LogP) is 1.60. The Balaban J connectivity index is 2.47. The van der Waals surface area contributed by atoms with Crippen molar-refractivity contribution in [2.24, 2.45) is 17.6 Å². The lowest BCUT2D eigenvalue weighted by molar-refractivity contribution is 0.107. The van der Waals surface area contributed by atoms with Crippen LogP contribution < -0.4 is 5.73 Å². The Bertz CT molecular complexity index is 221. The maximum absolute atomic E-state index is 8.81. The molecule has 15 heavy (non-hydrogen) atoms. The lowest BCUT2D eigenvalue weighted by Crippen LogP contribution is -2.48. The molecule has 1 rings (SSSR count). The van der Waals surface area contributed by atoms with E-state index in [0.29, 0.717) is 6.04 Å². The van der Waals surface area contributed by atoms with Crippen LogP contribution in [0.1, 0.15) is 33.1 Å². The third-order valence-electron chi connectivity index (χ3n) is 3.52. The normalized spacial score (nSPS) is 29.7. The molecular formula is C12H23N3. The van der Waals surface area contributed by atoms with E-state index in [9.17, 15) is 0 Å². The smallest absolute Gasteiger partial charge is 0.0666 e. The van der Waals surface area contributed by atoms with E-state index >= 15 is 0 Å². The Morgan fingerprint density at radius 1 is 1.60 bits per heavy atom. The molecule has 0 bridgehead atoms. The number of likely N-dealkylation sites (tertiary alicyclic amines) is 1. The lowest BCUT2D eigenvalue weighted by Gasteiger charge is -2.39. The van der Waals surface area contributed by atoms with Gasteiger partial charge in [-0.15, -0.1) is 0 Å². The highest BCUT2D eigenvalue weighted by Gasteiger charge is 2.27. The quantitative estimate of drug-likeness (QED) is 0.765. The fraction of sp³-hybridized carbons (Fsp3) is 0.917. The van der Waals surface area contributed by atoms with Crippen molar-refractivity contribution >= 4 is 0 Å². The number of rotatable bonds is 4. The molecule has 0 aromatic heterocycles. The highest BCUT2D eigenvalue weighted by atomic mass is 15.2. The van der Waals surface area contributed by atoms with E-state index in [1.165, 1.54) is 19.3 Å². The van der Waals surface area contributed by atoms with Crippen molar-refractivity contribution in [3.05, 3.63) is 0 Å². The van der Waals surface area contributed by atoms with Crippen molar-refractivity contribution in [1.82, 2.24) is 4.90 Å². The summed E-state index contributed by atoms with van der Waals surface area (Å²) in [6, 6.07) is 2.80. The minimum absolute atomic E-state index is 0.122. The summed E-state index contributed by atoms with van der Waals surface area (Å²) < 4.78 is 0. The Labute approximate surface area is 93.2 Å². The second-order valence-corrected chi connectivity index (χ2v) is 4.71. The molecule has 3 heteroatoms. The number of nitrogens with zero attached hydrogens (tertiary/aromatic N) is 2. The topological polar surface area (TPSA) is 53.0 Å². The van der Waals surface area contributed by atoms with Crippen molar-refractivity contribution in [2.75, 3.05) is 19.6 Å². The van der Waals surface area contributed by atoms with Crippen LogP contribution in [0.3, 0.4) is 0 Å². The fourth-order valence-electron chi connectivity index (χ4n) is 2.43. The molecule has 86 valence electrons. The lowest BCUT2D eigenvalue weighted by atomic mass is 9.88. The molecular weight excluding hydrogens is 186 g/mol. The Kier molecular flexibility index (Phi) is 5.07. The van der Waals surface area contributed by atoms with Crippen LogP contribution in [0, 0.1) is 23.2 Å². The van der Waals surface area contributed by atoms with Gasteiger partial charge in [0.15, 0.2) is 0 Å². The molecule has 2 N–H and O–H groups in total. The van der Waals surface area contributed by atoms with Crippen LogP contribution in [0.5, 0.6) is 0 Å². The maximum Gasteiger partial charge on any atom is 0.0666 e. The fourth-order valence-corrected chi connectivity index (χ4v) is 2.43. The van der Waals surface area contributed by atoms with Gasteiger partial charge in [-0.3, -0.25) is 4.90 Å². The van der Waals surface area contributed by atoms with Crippen LogP contribution in [0.4, 0.5) is 0 Å². The highest BCUT2D eigenvalue weighted by molar-refractivity contribution is 4.87. The first kappa shape index (κ1) is 12.5. The molecule has 0 amide bonds. The van der Waals surface area contributed by atoms with Crippen molar-refractivity contribution in [1.29, 1.82) is 5.26 Å². The van der Waals surface area contributed by atoms with E-state index in [2.05, 4.69) is 17.9 Å². The van der Waals surface area contributed by atoms with E-state index in [1.807, 2.05) is 6.92 Å². The van der Waals surface area contributed by atoms with Gasteiger partial charge in [-0.1, -0.05) is 13.3 Å². The standard InChI is InChI=1S/C12H23N3/c1-3-11-4-5-15(9-10(2)7-13)12(6-11)8-14/h10-12H,3-6,8-9,14H2,1-2H3. The van der Waals surface area contributed by atoms with E-state index < -0.39 is 0 Å². The van der Waals surface area contributed by atoms with Crippen LogP contribution in [0.15, 0.2) is 0 Å². The zero-order valence-corrected chi connectivity index (χ0v) is 9.95. The van der Waals surface area contributed by atoms with Crippen LogP contribution in [-0.4, -0.2) is 30.6 Å². The van der Waals surface area contributed by atoms with Crippen molar-refractivity contribution < 1.29 is 0 Å². The summed E-state index contributed by atoms with van der Waals surface area (Å²) in [5.74, 6) is 0.962. The molecule has 0 aromatic rings. The van der Waals surface area contributed by atoms with Gasteiger partial charge in [0.1, 0.15) is 0 Å². The summed E-state index contributed by atoms with van der Waals surface area (Å²) in [5, 5.41) is 8.81. The Morgan fingerprint density at radius 3 is 2.87 bits per heavy atom. The maximum atomic E-state index is 8.81. The molecule has 0 saturated carbocycles. The summed E-state index contributed by atoms with van der Waals surface area (Å²) in [5.41, 5.74) is 5.80. The highest BCUT2D eigenvalue weighted by Crippen LogP contribution is 2.25. The van der Waals surface area contributed by atoms with Gasteiger partial charge in [0.2, 0.25) is 0 Å². The van der Waals surface area contributed by atoms with E-state index in [-0.39, 0.29) is 5.92 Å². The molecule has 0 spiro atoms. The van der Waals surface area contributed by atoms with Crippen LogP contribution >= 0.6 is 0 Å². The number of nitrogens with two attached hydrogens (primary N) is 1. The summed E-state index contributed by atoms with van der Waals surface area (Å²) in [7, 11) is 0. The molecule has 0 radical (unpaired) electrons. The van der Waals surface area contributed by atoms with Gasteiger partial charge in [-0.2, -0.15) is 5.26 Å². The van der Waals surface area contributed by atoms with E-state index in [1.54, 1.807) is 0 Å². The third-order valence-corrected chi connectivity index (χ3v) is 3.52.